The van der Waals surface area contributed by atoms with Crippen molar-refractivity contribution in [1.82, 2.24) is 0 Å². The predicted molar refractivity (Wildman–Crippen MR) is 94.8 cm³/mol. The molecule has 1 aliphatic heterocycles. The zero-order valence-corrected chi connectivity index (χ0v) is 14.5. The molecule has 4 heteroatoms. The van der Waals surface area contributed by atoms with E-state index in [1.54, 1.807) is 23.1 Å². The minimum Gasteiger partial charge on any atom is -0.508 e. The molecule has 1 heterocycles. The van der Waals surface area contributed by atoms with Gasteiger partial charge >= 0.3 is 0 Å². The van der Waals surface area contributed by atoms with E-state index in [9.17, 15) is 9.90 Å². The minimum absolute atomic E-state index is 0.0197. The van der Waals surface area contributed by atoms with Gasteiger partial charge in [-0.05, 0) is 51.0 Å². The van der Waals surface area contributed by atoms with Crippen LogP contribution in [-0.4, -0.2) is 23.2 Å². The average molecular weight is 325 g/mol. The molecule has 24 heavy (non-hydrogen) atoms. The number of amides is 1. The van der Waals surface area contributed by atoms with Gasteiger partial charge in [-0.3, -0.25) is 4.79 Å². The van der Waals surface area contributed by atoms with Gasteiger partial charge in [0.15, 0.2) is 6.10 Å². The topological polar surface area (TPSA) is 49.8 Å². The molecule has 0 saturated heterocycles. The van der Waals surface area contributed by atoms with Crippen LogP contribution < -0.4 is 9.64 Å². The fourth-order valence-corrected chi connectivity index (χ4v) is 3.21. The van der Waals surface area contributed by atoms with Crippen molar-refractivity contribution in [3.05, 3.63) is 53.1 Å². The lowest BCUT2D eigenvalue weighted by atomic mass is 9.98. The molecule has 0 spiro atoms. The van der Waals surface area contributed by atoms with E-state index in [0.717, 1.165) is 11.1 Å². The molecule has 2 aromatic rings. The SMILES string of the molecule is Cc1ccc(CC2Oc3cc(O)ccc3N(C(C)C)C2=O)c(C)c1. The lowest BCUT2D eigenvalue weighted by Gasteiger charge is -2.37. The molecule has 1 unspecified atom stereocenters. The van der Waals surface area contributed by atoms with Crippen LogP contribution in [0.3, 0.4) is 0 Å². The summed E-state index contributed by atoms with van der Waals surface area (Å²) in [7, 11) is 0. The lowest BCUT2D eigenvalue weighted by molar-refractivity contribution is -0.126. The second-order valence-corrected chi connectivity index (χ2v) is 6.69. The Labute approximate surface area is 142 Å². The van der Waals surface area contributed by atoms with Gasteiger partial charge in [0.1, 0.15) is 11.5 Å². The van der Waals surface area contributed by atoms with Crippen molar-refractivity contribution in [2.24, 2.45) is 0 Å². The van der Waals surface area contributed by atoms with Crippen LogP contribution in [-0.2, 0) is 11.2 Å². The van der Waals surface area contributed by atoms with Crippen molar-refractivity contribution in [2.45, 2.75) is 46.3 Å². The van der Waals surface area contributed by atoms with Gasteiger partial charge in [-0.1, -0.05) is 23.8 Å². The van der Waals surface area contributed by atoms with E-state index in [0.29, 0.717) is 17.9 Å². The number of aromatic hydroxyl groups is 1. The number of ether oxygens (including phenoxy) is 1. The normalized spacial score (nSPS) is 17.0. The van der Waals surface area contributed by atoms with Crippen molar-refractivity contribution in [3.63, 3.8) is 0 Å². The zero-order chi connectivity index (χ0) is 17.4. The minimum atomic E-state index is -0.580. The summed E-state index contributed by atoms with van der Waals surface area (Å²) in [5, 5.41) is 9.75. The molecule has 0 aromatic heterocycles. The number of phenols is 1. The second-order valence-electron chi connectivity index (χ2n) is 6.69. The Balaban J connectivity index is 1.96. The summed E-state index contributed by atoms with van der Waals surface area (Å²) in [6.07, 6.45) is -0.0633. The molecule has 0 saturated carbocycles. The molecule has 0 radical (unpaired) electrons. The summed E-state index contributed by atoms with van der Waals surface area (Å²) in [6, 6.07) is 11.1. The first-order valence-electron chi connectivity index (χ1n) is 8.25. The number of nitrogens with zero attached hydrogens (tertiary/aromatic N) is 1. The Hall–Kier alpha value is -2.49. The molecular formula is C20H23NO3. The van der Waals surface area contributed by atoms with Crippen molar-refractivity contribution in [1.29, 1.82) is 0 Å². The Kier molecular flexibility index (Phi) is 4.22. The maximum absolute atomic E-state index is 12.9. The Morgan fingerprint density at radius 3 is 2.58 bits per heavy atom. The van der Waals surface area contributed by atoms with Crippen LogP contribution in [0.15, 0.2) is 36.4 Å². The first kappa shape index (κ1) is 16.4. The van der Waals surface area contributed by atoms with Gasteiger partial charge in [0.05, 0.1) is 5.69 Å². The lowest BCUT2D eigenvalue weighted by Crippen LogP contribution is -2.50. The van der Waals surface area contributed by atoms with Crippen LogP contribution in [0.4, 0.5) is 5.69 Å². The molecule has 0 aliphatic carbocycles. The highest BCUT2D eigenvalue weighted by atomic mass is 16.5. The summed E-state index contributed by atoms with van der Waals surface area (Å²) >= 11 is 0. The maximum Gasteiger partial charge on any atom is 0.268 e. The quantitative estimate of drug-likeness (QED) is 0.935. The number of fused-ring (bicyclic) bond motifs is 1. The number of carbonyl (C=O) groups is 1. The number of hydrogen-bond acceptors (Lipinski definition) is 3. The van der Waals surface area contributed by atoms with Crippen molar-refractivity contribution >= 4 is 11.6 Å². The van der Waals surface area contributed by atoms with Crippen LogP contribution in [0.25, 0.3) is 0 Å². The highest BCUT2D eigenvalue weighted by molar-refractivity contribution is 6.00. The van der Waals surface area contributed by atoms with E-state index in [1.807, 2.05) is 13.8 Å². The van der Waals surface area contributed by atoms with Crippen LogP contribution in [0.2, 0.25) is 0 Å². The number of anilines is 1. The van der Waals surface area contributed by atoms with Crippen LogP contribution in [0, 0.1) is 13.8 Å². The Bertz CT molecular complexity index is 782. The van der Waals surface area contributed by atoms with Gasteiger partial charge in [0, 0.05) is 18.5 Å². The molecule has 0 bridgehead atoms. The van der Waals surface area contributed by atoms with Gasteiger partial charge in [0.25, 0.3) is 5.91 Å². The third-order valence-electron chi connectivity index (χ3n) is 4.40. The number of carbonyl (C=O) groups excluding carboxylic acids is 1. The van der Waals surface area contributed by atoms with E-state index >= 15 is 0 Å². The van der Waals surface area contributed by atoms with E-state index in [1.165, 1.54) is 5.56 Å². The number of benzene rings is 2. The Morgan fingerprint density at radius 2 is 1.92 bits per heavy atom. The standard InChI is InChI=1S/C20H23NO3/c1-12(2)21-17-8-7-16(22)11-18(17)24-19(20(21)23)10-15-6-5-13(3)9-14(15)4/h5-9,11-12,19,22H,10H2,1-4H3. The van der Waals surface area contributed by atoms with Crippen LogP contribution >= 0.6 is 0 Å². The second kappa shape index (κ2) is 6.19. The molecule has 1 N–H and O–H groups in total. The van der Waals surface area contributed by atoms with Crippen molar-refractivity contribution < 1.29 is 14.6 Å². The number of phenolic OH excluding ortho intramolecular Hbond substituents is 1. The van der Waals surface area contributed by atoms with Crippen LogP contribution in [0.5, 0.6) is 11.5 Å². The van der Waals surface area contributed by atoms with Gasteiger partial charge < -0.3 is 14.7 Å². The van der Waals surface area contributed by atoms with Crippen molar-refractivity contribution in [3.8, 4) is 11.5 Å². The first-order valence-corrected chi connectivity index (χ1v) is 8.25. The Morgan fingerprint density at radius 1 is 1.17 bits per heavy atom. The highest BCUT2D eigenvalue weighted by Crippen LogP contribution is 2.38. The van der Waals surface area contributed by atoms with Gasteiger partial charge in [0.2, 0.25) is 0 Å². The molecule has 2 aromatic carbocycles. The van der Waals surface area contributed by atoms with E-state index in [-0.39, 0.29) is 17.7 Å². The summed E-state index contributed by atoms with van der Waals surface area (Å²) in [5.41, 5.74) is 4.17. The summed E-state index contributed by atoms with van der Waals surface area (Å²) in [6.45, 7) is 8.07. The summed E-state index contributed by atoms with van der Waals surface area (Å²) in [5.74, 6) is 0.651. The molecule has 4 nitrogen and oxygen atoms in total. The first-order chi connectivity index (χ1) is 11.4. The van der Waals surface area contributed by atoms with Crippen LogP contribution in [0.1, 0.15) is 30.5 Å². The van der Waals surface area contributed by atoms with E-state index < -0.39 is 6.10 Å². The smallest absolute Gasteiger partial charge is 0.268 e. The van der Waals surface area contributed by atoms with E-state index in [2.05, 4.69) is 32.0 Å². The number of aryl methyl sites for hydroxylation is 2. The molecule has 0 fully saturated rings. The van der Waals surface area contributed by atoms with Gasteiger partial charge in [-0.2, -0.15) is 0 Å². The molecule has 1 amide bonds. The molecule has 3 rings (SSSR count). The van der Waals surface area contributed by atoms with Gasteiger partial charge in [-0.25, -0.2) is 0 Å². The monoisotopic (exact) mass is 325 g/mol. The average Bonchev–Trinajstić information content (AvgIpc) is 2.50. The predicted octanol–water partition coefficient (Wildman–Crippen LogP) is 3.75. The number of hydrogen-bond donors (Lipinski definition) is 1. The third kappa shape index (κ3) is 2.96. The molecule has 126 valence electrons. The van der Waals surface area contributed by atoms with Gasteiger partial charge in [-0.15, -0.1) is 0 Å². The molecule has 1 aliphatic rings. The molecule has 1 atom stereocenters. The zero-order valence-electron chi connectivity index (χ0n) is 14.5. The highest BCUT2D eigenvalue weighted by Gasteiger charge is 2.36. The number of rotatable bonds is 3. The third-order valence-corrected chi connectivity index (χ3v) is 4.40. The molecular weight excluding hydrogens is 302 g/mol. The fraction of sp³-hybridized carbons (Fsp3) is 0.350. The fourth-order valence-electron chi connectivity index (χ4n) is 3.21. The van der Waals surface area contributed by atoms with Crippen molar-refractivity contribution in [2.75, 3.05) is 4.90 Å². The maximum atomic E-state index is 12.9. The van der Waals surface area contributed by atoms with E-state index in [4.69, 9.17) is 4.74 Å². The summed E-state index contributed by atoms with van der Waals surface area (Å²) in [4.78, 5) is 14.7. The largest absolute Gasteiger partial charge is 0.508 e. The summed E-state index contributed by atoms with van der Waals surface area (Å²) < 4.78 is 5.94.